The molecule has 6 heteroatoms. The lowest BCUT2D eigenvalue weighted by molar-refractivity contribution is -0.117. The molecule has 0 aliphatic carbocycles. The summed E-state index contributed by atoms with van der Waals surface area (Å²) in [4.78, 5) is 17.0. The van der Waals surface area contributed by atoms with Crippen LogP contribution in [-0.4, -0.2) is 50.1 Å². The zero-order chi connectivity index (χ0) is 22.3. The minimum absolute atomic E-state index is 0.00338. The molecule has 1 aliphatic heterocycles. The van der Waals surface area contributed by atoms with Gasteiger partial charge in [0.1, 0.15) is 17.6 Å². The number of rotatable bonds is 8. The van der Waals surface area contributed by atoms with E-state index in [0.717, 1.165) is 30.3 Å². The molecule has 6 nitrogen and oxygen atoms in total. The first-order chi connectivity index (χ1) is 15.6. The van der Waals surface area contributed by atoms with E-state index in [1.807, 2.05) is 84.7 Å². The molecule has 1 heterocycles. The van der Waals surface area contributed by atoms with E-state index in [4.69, 9.17) is 9.47 Å². The molecule has 32 heavy (non-hydrogen) atoms. The van der Waals surface area contributed by atoms with Gasteiger partial charge in [0.15, 0.2) is 5.75 Å². The molecule has 0 fully saturated rings. The SMILES string of the molecule is CCN1CC(CN(C)CC(=O)Nc2ccccc2Oc2ccccc2)Oc2ccccc21. The molecule has 0 bridgehead atoms. The molecule has 3 aromatic rings. The molecular weight excluding hydrogens is 402 g/mol. The third-order valence-corrected chi connectivity index (χ3v) is 5.37. The van der Waals surface area contributed by atoms with E-state index in [1.165, 1.54) is 0 Å². The number of likely N-dealkylation sites (N-methyl/N-ethyl adjacent to an activating group) is 2. The normalized spacial score (nSPS) is 15.1. The van der Waals surface area contributed by atoms with Gasteiger partial charge in [-0.1, -0.05) is 42.5 Å². The maximum atomic E-state index is 12.7. The number of para-hydroxylation sites is 5. The van der Waals surface area contributed by atoms with E-state index in [9.17, 15) is 4.79 Å². The van der Waals surface area contributed by atoms with Gasteiger partial charge in [-0.15, -0.1) is 0 Å². The van der Waals surface area contributed by atoms with Crippen LogP contribution in [0.2, 0.25) is 0 Å². The highest BCUT2D eigenvalue weighted by Gasteiger charge is 2.26. The summed E-state index contributed by atoms with van der Waals surface area (Å²) < 4.78 is 12.1. The smallest absolute Gasteiger partial charge is 0.238 e. The van der Waals surface area contributed by atoms with Crippen molar-refractivity contribution in [3.63, 3.8) is 0 Å². The van der Waals surface area contributed by atoms with Gasteiger partial charge in [-0.05, 0) is 50.4 Å². The van der Waals surface area contributed by atoms with Gasteiger partial charge < -0.3 is 19.7 Å². The van der Waals surface area contributed by atoms with Gasteiger partial charge in [-0.25, -0.2) is 0 Å². The fourth-order valence-electron chi connectivity index (χ4n) is 3.89. The summed E-state index contributed by atoms with van der Waals surface area (Å²) in [6.45, 7) is 4.77. The molecule has 1 unspecified atom stereocenters. The van der Waals surface area contributed by atoms with Crippen molar-refractivity contribution in [1.29, 1.82) is 0 Å². The van der Waals surface area contributed by atoms with E-state index in [-0.39, 0.29) is 18.6 Å². The van der Waals surface area contributed by atoms with Crippen LogP contribution >= 0.6 is 0 Å². The van der Waals surface area contributed by atoms with Crippen LogP contribution in [0.4, 0.5) is 11.4 Å². The van der Waals surface area contributed by atoms with E-state index in [1.54, 1.807) is 0 Å². The third kappa shape index (κ3) is 5.39. The number of hydrogen-bond donors (Lipinski definition) is 1. The number of ether oxygens (including phenoxy) is 2. The quantitative estimate of drug-likeness (QED) is 0.563. The first kappa shape index (κ1) is 21.7. The maximum Gasteiger partial charge on any atom is 0.238 e. The largest absolute Gasteiger partial charge is 0.485 e. The van der Waals surface area contributed by atoms with Crippen LogP contribution in [0.3, 0.4) is 0 Å². The summed E-state index contributed by atoms with van der Waals surface area (Å²) in [5.41, 5.74) is 1.77. The number of benzene rings is 3. The minimum Gasteiger partial charge on any atom is -0.485 e. The van der Waals surface area contributed by atoms with Gasteiger partial charge in [0.2, 0.25) is 5.91 Å². The van der Waals surface area contributed by atoms with Crippen LogP contribution in [-0.2, 0) is 4.79 Å². The molecular formula is C26H29N3O3. The monoisotopic (exact) mass is 431 g/mol. The van der Waals surface area contributed by atoms with Crippen molar-refractivity contribution >= 4 is 17.3 Å². The molecule has 0 saturated heterocycles. The Morgan fingerprint density at radius 2 is 1.78 bits per heavy atom. The minimum atomic E-state index is -0.0971. The van der Waals surface area contributed by atoms with Crippen molar-refractivity contribution in [1.82, 2.24) is 4.90 Å². The highest BCUT2D eigenvalue weighted by Crippen LogP contribution is 2.33. The van der Waals surface area contributed by atoms with E-state index in [2.05, 4.69) is 23.2 Å². The number of hydrogen-bond acceptors (Lipinski definition) is 5. The first-order valence-corrected chi connectivity index (χ1v) is 10.9. The maximum absolute atomic E-state index is 12.7. The van der Waals surface area contributed by atoms with Crippen molar-refractivity contribution in [2.24, 2.45) is 0 Å². The number of fused-ring (bicyclic) bond motifs is 1. The van der Waals surface area contributed by atoms with Crippen molar-refractivity contribution < 1.29 is 14.3 Å². The Hall–Kier alpha value is -3.51. The standard InChI is InChI=1S/C26H29N3O3/c1-3-29-18-21(32-25-16-10-8-14-23(25)29)17-28(2)19-26(30)27-22-13-7-9-15-24(22)31-20-11-5-4-6-12-20/h4-16,21H,3,17-19H2,1-2H3,(H,27,30). The Morgan fingerprint density at radius 1 is 1.06 bits per heavy atom. The fourth-order valence-corrected chi connectivity index (χ4v) is 3.89. The van der Waals surface area contributed by atoms with Crippen molar-refractivity contribution in [3.8, 4) is 17.2 Å². The molecule has 1 amide bonds. The van der Waals surface area contributed by atoms with Gasteiger partial charge in [-0.3, -0.25) is 9.69 Å². The number of nitrogens with one attached hydrogen (secondary N) is 1. The van der Waals surface area contributed by atoms with Crippen LogP contribution in [0.25, 0.3) is 0 Å². The zero-order valence-corrected chi connectivity index (χ0v) is 18.5. The predicted octanol–water partition coefficient (Wildman–Crippen LogP) is 4.64. The summed E-state index contributed by atoms with van der Waals surface area (Å²) in [7, 11) is 1.94. The zero-order valence-electron chi connectivity index (χ0n) is 18.5. The van der Waals surface area contributed by atoms with Gasteiger partial charge in [0.25, 0.3) is 0 Å². The predicted molar refractivity (Wildman–Crippen MR) is 128 cm³/mol. The lowest BCUT2D eigenvalue weighted by atomic mass is 10.2. The van der Waals surface area contributed by atoms with Crippen LogP contribution in [0.15, 0.2) is 78.9 Å². The van der Waals surface area contributed by atoms with Crippen molar-refractivity contribution in [2.75, 3.05) is 43.4 Å². The average Bonchev–Trinajstić information content (AvgIpc) is 2.80. The number of carbonyl (C=O) groups is 1. The van der Waals surface area contributed by atoms with E-state index < -0.39 is 0 Å². The molecule has 0 spiro atoms. The Morgan fingerprint density at radius 3 is 2.59 bits per heavy atom. The molecule has 0 radical (unpaired) electrons. The summed E-state index contributed by atoms with van der Waals surface area (Å²) in [5, 5.41) is 2.98. The highest BCUT2D eigenvalue weighted by atomic mass is 16.5. The van der Waals surface area contributed by atoms with Crippen LogP contribution < -0.4 is 19.7 Å². The molecule has 1 aliphatic rings. The molecule has 4 rings (SSSR count). The molecule has 1 atom stereocenters. The van der Waals surface area contributed by atoms with Gasteiger partial charge in [0, 0.05) is 13.1 Å². The highest BCUT2D eigenvalue weighted by molar-refractivity contribution is 5.93. The second-order valence-electron chi connectivity index (χ2n) is 7.90. The van der Waals surface area contributed by atoms with E-state index >= 15 is 0 Å². The number of amides is 1. The van der Waals surface area contributed by atoms with Gasteiger partial charge in [0.05, 0.1) is 24.5 Å². The van der Waals surface area contributed by atoms with Gasteiger partial charge >= 0.3 is 0 Å². The second kappa shape index (κ2) is 10.2. The van der Waals surface area contributed by atoms with Crippen molar-refractivity contribution in [3.05, 3.63) is 78.9 Å². The number of nitrogens with zero attached hydrogens (tertiary/aromatic N) is 2. The van der Waals surface area contributed by atoms with Gasteiger partial charge in [-0.2, -0.15) is 0 Å². The summed E-state index contributed by atoms with van der Waals surface area (Å²) >= 11 is 0. The lowest BCUT2D eigenvalue weighted by Crippen LogP contribution is -2.46. The number of anilines is 2. The summed E-state index contributed by atoms with van der Waals surface area (Å²) in [6.07, 6.45) is -0.00338. The Labute approximate surface area is 189 Å². The molecule has 0 aromatic heterocycles. The van der Waals surface area contributed by atoms with Crippen LogP contribution in [0.5, 0.6) is 17.2 Å². The third-order valence-electron chi connectivity index (χ3n) is 5.37. The van der Waals surface area contributed by atoms with E-state index in [0.29, 0.717) is 18.0 Å². The summed E-state index contributed by atoms with van der Waals surface area (Å²) in [6, 6.07) is 25.1. The Bertz CT molecular complexity index is 1040. The topological polar surface area (TPSA) is 54.0 Å². The first-order valence-electron chi connectivity index (χ1n) is 10.9. The van der Waals surface area contributed by atoms with Crippen LogP contribution in [0, 0.1) is 0 Å². The molecule has 166 valence electrons. The lowest BCUT2D eigenvalue weighted by Gasteiger charge is -2.37. The average molecular weight is 432 g/mol. The second-order valence-corrected chi connectivity index (χ2v) is 7.90. The fraction of sp³-hybridized carbons (Fsp3) is 0.269. The Balaban J connectivity index is 1.34. The molecule has 1 N–H and O–H groups in total. The molecule has 3 aromatic carbocycles. The Kier molecular flexibility index (Phi) is 6.92. The molecule has 0 saturated carbocycles. The number of carbonyl (C=O) groups excluding carboxylic acids is 1. The van der Waals surface area contributed by atoms with Crippen LogP contribution in [0.1, 0.15) is 6.92 Å². The van der Waals surface area contributed by atoms with Crippen molar-refractivity contribution in [2.45, 2.75) is 13.0 Å². The summed E-state index contributed by atoms with van der Waals surface area (Å²) in [5.74, 6) is 2.14.